The number of hydrogen-bond donors (Lipinski definition) is 1. The van der Waals surface area contributed by atoms with Crippen molar-refractivity contribution in [3.8, 4) is 33.8 Å². The summed E-state index contributed by atoms with van der Waals surface area (Å²) >= 11 is 0. The minimum Gasteiger partial charge on any atom is -0.454 e. The lowest BCUT2D eigenvalue weighted by molar-refractivity contribution is 0.0664. The van der Waals surface area contributed by atoms with E-state index in [9.17, 15) is 4.79 Å². The van der Waals surface area contributed by atoms with Gasteiger partial charge in [-0.25, -0.2) is 4.98 Å². The van der Waals surface area contributed by atoms with E-state index in [4.69, 9.17) is 9.47 Å². The van der Waals surface area contributed by atoms with Gasteiger partial charge in [0, 0.05) is 66.2 Å². The molecule has 166 valence electrons. The zero-order valence-corrected chi connectivity index (χ0v) is 18.4. The van der Waals surface area contributed by atoms with E-state index in [2.05, 4.69) is 28.0 Å². The molecule has 1 N–H and O–H groups in total. The standard InChI is InChI=1S/C26H24N4O3/c1-29-8-10-30(11-9-29)26(31)18-5-2-4-17(12-18)19-13-21-22(15-28-25(21)27-14-19)20-6-3-7-23-24(20)33-16-32-23/h2-7,12-15H,8-11,16H2,1H3,(H,27,28). The predicted octanol–water partition coefficient (Wildman–Crippen LogP) is 4.01. The SMILES string of the molecule is CN1CCN(C(=O)c2cccc(-c3cnc4[nH]cc(-c5cccc6c5OCO6)c4c3)c2)CC1. The fraction of sp³-hybridized carbons (Fsp3) is 0.231. The zero-order valence-electron chi connectivity index (χ0n) is 18.4. The fourth-order valence-electron chi connectivity index (χ4n) is 4.55. The highest BCUT2D eigenvalue weighted by Crippen LogP contribution is 2.43. The maximum Gasteiger partial charge on any atom is 0.253 e. The van der Waals surface area contributed by atoms with Crippen molar-refractivity contribution in [3.05, 3.63) is 66.5 Å². The Morgan fingerprint density at radius 3 is 2.70 bits per heavy atom. The van der Waals surface area contributed by atoms with Gasteiger partial charge in [0.1, 0.15) is 5.65 Å². The number of hydrogen-bond acceptors (Lipinski definition) is 5. The van der Waals surface area contributed by atoms with Crippen LogP contribution in [0.25, 0.3) is 33.3 Å². The number of likely N-dealkylation sites (N-methyl/N-ethyl adjacent to an activating group) is 1. The third kappa shape index (κ3) is 3.50. The number of para-hydroxylation sites is 1. The van der Waals surface area contributed by atoms with Crippen LogP contribution in [-0.4, -0.2) is 65.7 Å². The van der Waals surface area contributed by atoms with Gasteiger partial charge < -0.3 is 24.3 Å². The molecule has 4 heterocycles. The number of pyridine rings is 1. The van der Waals surface area contributed by atoms with Gasteiger partial charge in [-0.1, -0.05) is 24.3 Å². The Balaban J connectivity index is 1.36. The quantitative estimate of drug-likeness (QED) is 0.521. The van der Waals surface area contributed by atoms with Gasteiger partial charge in [0.15, 0.2) is 11.5 Å². The van der Waals surface area contributed by atoms with Crippen LogP contribution in [0.2, 0.25) is 0 Å². The van der Waals surface area contributed by atoms with Gasteiger partial charge in [0.2, 0.25) is 6.79 Å². The number of amides is 1. The lowest BCUT2D eigenvalue weighted by Crippen LogP contribution is -2.47. The number of H-pyrrole nitrogens is 1. The monoisotopic (exact) mass is 440 g/mol. The second kappa shape index (κ2) is 7.94. The number of aromatic amines is 1. The molecule has 0 bridgehead atoms. The number of rotatable bonds is 3. The molecule has 2 aromatic heterocycles. The van der Waals surface area contributed by atoms with Crippen molar-refractivity contribution in [1.82, 2.24) is 19.8 Å². The van der Waals surface area contributed by atoms with Crippen LogP contribution in [0.15, 0.2) is 60.9 Å². The first-order valence-electron chi connectivity index (χ1n) is 11.1. The summed E-state index contributed by atoms with van der Waals surface area (Å²) < 4.78 is 11.3. The fourth-order valence-corrected chi connectivity index (χ4v) is 4.55. The van der Waals surface area contributed by atoms with Crippen LogP contribution in [0.4, 0.5) is 0 Å². The van der Waals surface area contributed by atoms with Crippen LogP contribution < -0.4 is 9.47 Å². The Morgan fingerprint density at radius 2 is 1.82 bits per heavy atom. The molecule has 1 fully saturated rings. The molecule has 1 amide bonds. The summed E-state index contributed by atoms with van der Waals surface area (Å²) in [5.41, 5.74) is 5.41. The third-order valence-corrected chi connectivity index (χ3v) is 6.45. The summed E-state index contributed by atoms with van der Waals surface area (Å²) in [6.07, 6.45) is 3.79. The first-order chi connectivity index (χ1) is 16.2. The zero-order chi connectivity index (χ0) is 22.4. The van der Waals surface area contributed by atoms with Gasteiger partial charge in [-0.15, -0.1) is 0 Å². The molecule has 4 aromatic rings. The van der Waals surface area contributed by atoms with Gasteiger partial charge in [-0.2, -0.15) is 0 Å². The number of aromatic nitrogens is 2. The van der Waals surface area contributed by atoms with Gasteiger partial charge in [-0.05, 0) is 36.9 Å². The number of carbonyl (C=O) groups is 1. The Labute approximate surface area is 191 Å². The molecule has 33 heavy (non-hydrogen) atoms. The number of carbonyl (C=O) groups excluding carboxylic acids is 1. The molecule has 0 radical (unpaired) electrons. The molecule has 2 aromatic carbocycles. The average molecular weight is 441 g/mol. The summed E-state index contributed by atoms with van der Waals surface area (Å²) in [6.45, 7) is 3.55. The highest BCUT2D eigenvalue weighted by atomic mass is 16.7. The molecule has 0 atom stereocenters. The van der Waals surface area contributed by atoms with Crippen LogP contribution in [0.5, 0.6) is 11.5 Å². The third-order valence-electron chi connectivity index (χ3n) is 6.45. The first kappa shape index (κ1) is 19.8. The molecule has 0 spiro atoms. The van der Waals surface area contributed by atoms with E-state index >= 15 is 0 Å². The molecule has 0 unspecified atom stereocenters. The van der Waals surface area contributed by atoms with Gasteiger partial charge in [0.05, 0.1) is 0 Å². The van der Waals surface area contributed by atoms with Crippen molar-refractivity contribution in [2.45, 2.75) is 0 Å². The predicted molar refractivity (Wildman–Crippen MR) is 126 cm³/mol. The van der Waals surface area contributed by atoms with Gasteiger partial charge in [0.25, 0.3) is 5.91 Å². The van der Waals surface area contributed by atoms with Crippen LogP contribution in [0.1, 0.15) is 10.4 Å². The molecule has 7 heteroatoms. The van der Waals surface area contributed by atoms with E-state index in [0.717, 1.165) is 71.0 Å². The minimum atomic E-state index is 0.0818. The number of piperazine rings is 1. The van der Waals surface area contributed by atoms with E-state index in [0.29, 0.717) is 5.56 Å². The lowest BCUT2D eigenvalue weighted by Gasteiger charge is -2.32. The maximum absolute atomic E-state index is 13.1. The van der Waals surface area contributed by atoms with E-state index in [1.807, 2.05) is 59.8 Å². The molecule has 0 aliphatic carbocycles. The van der Waals surface area contributed by atoms with E-state index < -0.39 is 0 Å². The molecule has 2 aliphatic heterocycles. The van der Waals surface area contributed by atoms with E-state index in [1.54, 1.807) is 0 Å². The van der Waals surface area contributed by atoms with E-state index in [1.165, 1.54) is 0 Å². The lowest BCUT2D eigenvalue weighted by atomic mass is 10.00. The Kier molecular flexibility index (Phi) is 4.77. The van der Waals surface area contributed by atoms with Crippen molar-refractivity contribution in [1.29, 1.82) is 0 Å². The van der Waals surface area contributed by atoms with Crippen molar-refractivity contribution in [2.24, 2.45) is 0 Å². The van der Waals surface area contributed by atoms with Crippen molar-refractivity contribution < 1.29 is 14.3 Å². The van der Waals surface area contributed by atoms with Crippen molar-refractivity contribution in [3.63, 3.8) is 0 Å². The summed E-state index contributed by atoms with van der Waals surface area (Å²) in [4.78, 5) is 25.1. The Hall–Kier alpha value is -3.84. The summed E-state index contributed by atoms with van der Waals surface area (Å²) in [5, 5.41) is 0.993. The smallest absolute Gasteiger partial charge is 0.253 e. The number of fused-ring (bicyclic) bond motifs is 2. The average Bonchev–Trinajstić information content (AvgIpc) is 3.51. The Morgan fingerprint density at radius 1 is 0.970 bits per heavy atom. The second-order valence-corrected chi connectivity index (χ2v) is 8.54. The highest BCUT2D eigenvalue weighted by molar-refractivity contribution is 5.99. The number of benzene rings is 2. The molecular formula is C26H24N4O3. The van der Waals surface area contributed by atoms with E-state index in [-0.39, 0.29) is 12.7 Å². The largest absolute Gasteiger partial charge is 0.454 e. The summed E-state index contributed by atoms with van der Waals surface area (Å²) in [7, 11) is 2.09. The van der Waals surface area contributed by atoms with Crippen LogP contribution in [-0.2, 0) is 0 Å². The topological polar surface area (TPSA) is 70.7 Å². The van der Waals surface area contributed by atoms with Gasteiger partial charge >= 0.3 is 0 Å². The normalized spacial score (nSPS) is 15.8. The molecule has 6 rings (SSSR count). The van der Waals surface area contributed by atoms with Crippen molar-refractivity contribution >= 4 is 16.9 Å². The number of nitrogens with one attached hydrogen (secondary N) is 1. The number of nitrogens with zero attached hydrogens (tertiary/aromatic N) is 3. The van der Waals surface area contributed by atoms with Gasteiger partial charge in [-0.3, -0.25) is 4.79 Å². The first-order valence-corrected chi connectivity index (χ1v) is 11.1. The molecule has 2 aliphatic rings. The van der Waals surface area contributed by atoms with Crippen LogP contribution >= 0.6 is 0 Å². The summed E-state index contributed by atoms with van der Waals surface area (Å²) in [5.74, 6) is 1.59. The van der Waals surface area contributed by atoms with Crippen molar-refractivity contribution in [2.75, 3.05) is 40.0 Å². The molecule has 7 nitrogen and oxygen atoms in total. The highest BCUT2D eigenvalue weighted by Gasteiger charge is 2.22. The second-order valence-electron chi connectivity index (χ2n) is 8.54. The number of ether oxygens (including phenoxy) is 2. The minimum absolute atomic E-state index is 0.0818. The summed E-state index contributed by atoms with van der Waals surface area (Å²) in [6, 6.07) is 15.8. The van der Waals surface area contributed by atoms with Crippen LogP contribution in [0.3, 0.4) is 0 Å². The molecule has 0 saturated carbocycles. The molecule has 1 saturated heterocycles. The van der Waals surface area contributed by atoms with Crippen LogP contribution in [0, 0.1) is 0 Å². The maximum atomic E-state index is 13.1. The molecular weight excluding hydrogens is 416 g/mol. The Bertz CT molecular complexity index is 1350.